The molecule has 0 atom stereocenters. The maximum atomic E-state index is 14.9. The molecule has 1 saturated heterocycles. The topological polar surface area (TPSA) is 111 Å². The first-order chi connectivity index (χ1) is 21.3. The first-order valence-corrected chi connectivity index (χ1v) is 14.6. The van der Waals surface area contributed by atoms with Crippen molar-refractivity contribution >= 4 is 23.2 Å². The van der Waals surface area contributed by atoms with Crippen molar-refractivity contribution in [2.75, 3.05) is 50.5 Å². The number of halogens is 1. The van der Waals surface area contributed by atoms with Crippen molar-refractivity contribution in [3.63, 3.8) is 0 Å². The highest BCUT2D eigenvalue weighted by molar-refractivity contribution is 6.04. The third-order valence-corrected chi connectivity index (χ3v) is 7.53. The summed E-state index contributed by atoms with van der Waals surface area (Å²) in [7, 11) is 2.09. The molecule has 11 heteroatoms. The summed E-state index contributed by atoms with van der Waals surface area (Å²) in [5, 5.41) is 19.4. The summed E-state index contributed by atoms with van der Waals surface area (Å²) in [6, 6.07) is 10.2. The van der Waals surface area contributed by atoms with Gasteiger partial charge in [-0.2, -0.15) is 5.10 Å². The highest BCUT2D eigenvalue weighted by Crippen LogP contribution is 2.20. The van der Waals surface area contributed by atoms with E-state index < -0.39 is 0 Å². The van der Waals surface area contributed by atoms with E-state index in [1.165, 1.54) is 6.07 Å². The number of hydrogen-bond acceptors (Lipinski definition) is 8. The molecule has 3 heterocycles. The maximum absolute atomic E-state index is 14.9. The molecule has 44 heavy (non-hydrogen) atoms. The number of amides is 1. The summed E-state index contributed by atoms with van der Waals surface area (Å²) in [5.74, 6) is 5.93. The first kappa shape index (κ1) is 30.8. The number of aryl methyl sites for hydroxylation is 3. The van der Waals surface area contributed by atoms with Crippen molar-refractivity contribution in [3.05, 3.63) is 94.3 Å². The number of nitrogens with one attached hydrogen (secondary N) is 2. The molecule has 10 nitrogen and oxygen atoms in total. The summed E-state index contributed by atoms with van der Waals surface area (Å²) in [6.07, 6.45) is 5.74. The second-order valence-corrected chi connectivity index (χ2v) is 11.0. The third-order valence-electron chi connectivity index (χ3n) is 7.53. The van der Waals surface area contributed by atoms with Crippen molar-refractivity contribution < 1.29 is 14.3 Å². The predicted octanol–water partition coefficient (Wildman–Crippen LogP) is 3.95. The van der Waals surface area contributed by atoms with Gasteiger partial charge in [-0.05, 0) is 57.1 Å². The predicted molar refractivity (Wildman–Crippen MR) is 168 cm³/mol. The molecule has 0 spiro atoms. The van der Waals surface area contributed by atoms with E-state index in [0.717, 1.165) is 43.1 Å². The van der Waals surface area contributed by atoms with Gasteiger partial charge in [-0.15, -0.1) is 0 Å². The molecule has 1 aliphatic rings. The van der Waals surface area contributed by atoms with Crippen LogP contribution in [0.3, 0.4) is 0 Å². The van der Waals surface area contributed by atoms with Gasteiger partial charge in [0.2, 0.25) is 5.95 Å². The number of benzene rings is 2. The van der Waals surface area contributed by atoms with Crippen LogP contribution < -0.4 is 10.6 Å². The number of hydrogen-bond donors (Lipinski definition) is 3. The van der Waals surface area contributed by atoms with Crippen LogP contribution in [-0.2, 0) is 13.1 Å². The van der Waals surface area contributed by atoms with E-state index in [9.17, 15) is 9.18 Å². The zero-order valence-electron chi connectivity index (χ0n) is 25.3. The van der Waals surface area contributed by atoms with E-state index in [0.29, 0.717) is 53.4 Å². The minimum atomic E-state index is -0.340. The summed E-state index contributed by atoms with van der Waals surface area (Å²) in [4.78, 5) is 26.2. The van der Waals surface area contributed by atoms with Gasteiger partial charge in [-0.25, -0.2) is 14.4 Å². The molecule has 0 saturated carbocycles. The van der Waals surface area contributed by atoms with Gasteiger partial charge in [-0.3, -0.25) is 14.4 Å². The highest BCUT2D eigenvalue weighted by Gasteiger charge is 2.16. The van der Waals surface area contributed by atoms with Crippen LogP contribution in [0.1, 0.15) is 44.7 Å². The van der Waals surface area contributed by atoms with Crippen LogP contribution in [0.5, 0.6) is 0 Å². The average molecular weight is 597 g/mol. The number of carbonyl (C=O) groups excluding carboxylic acids is 1. The molecule has 2 aromatic carbocycles. The number of aliphatic hydroxyl groups excluding tert-OH is 1. The number of aromatic nitrogens is 4. The quantitative estimate of drug-likeness (QED) is 0.249. The van der Waals surface area contributed by atoms with Crippen LogP contribution in [0, 0.1) is 31.5 Å². The lowest BCUT2D eigenvalue weighted by molar-refractivity contribution is 0.102. The fourth-order valence-corrected chi connectivity index (χ4v) is 4.81. The van der Waals surface area contributed by atoms with Crippen molar-refractivity contribution in [1.29, 1.82) is 0 Å². The standard InChI is InChI=1S/C33H37FN8O2/c1-23-5-7-27(32(44)37-29-10-9-28(30(34)18-29)21-41-14-12-40(3)13-15-41)17-26(23)8-6-25-19-35-33(36-20-25)38-31-22-42(11-4-16-43)39-24(31)2/h5,7,9-10,17-20,22,43H,4,11-16,21H2,1-3H3,(H,37,44)(H,35,36,38). The fraction of sp³-hybridized carbons (Fsp3) is 0.333. The molecule has 1 amide bonds. The monoisotopic (exact) mass is 596 g/mol. The smallest absolute Gasteiger partial charge is 0.255 e. The summed E-state index contributed by atoms with van der Waals surface area (Å²) < 4.78 is 16.6. The normalized spacial score (nSPS) is 13.8. The van der Waals surface area contributed by atoms with Crippen LogP contribution in [0.4, 0.5) is 21.7 Å². The molecular weight excluding hydrogens is 559 g/mol. The molecule has 1 aliphatic heterocycles. The highest BCUT2D eigenvalue weighted by atomic mass is 19.1. The van der Waals surface area contributed by atoms with Gasteiger partial charge in [0, 0.05) is 86.8 Å². The first-order valence-electron chi connectivity index (χ1n) is 14.6. The van der Waals surface area contributed by atoms with E-state index in [1.807, 2.05) is 26.1 Å². The minimum Gasteiger partial charge on any atom is -0.396 e. The molecule has 2 aromatic heterocycles. The van der Waals surface area contributed by atoms with Crippen LogP contribution in [-0.4, -0.2) is 80.4 Å². The molecule has 3 N–H and O–H groups in total. The zero-order valence-corrected chi connectivity index (χ0v) is 25.3. The van der Waals surface area contributed by atoms with Gasteiger partial charge in [-0.1, -0.05) is 24.0 Å². The second-order valence-electron chi connectivity index (χ2n) is 11.0. The second kappa shape index (κ2) is 14.2. The lowest BCUT2D eigenvalue weighted by Crippen LogP contribution is -2.44. The molecule has 1 fully saturated rings. The Kier molecular flexibility index (Phi) is 9.96. The number of carbonyl (C=O) groups is 1. The summed E-state index contributed by atoms with van der Waals surface area (Å²) >= 11 is 0. The average Bonchev–Trinajstić information content (AvgIpc) is 3.37. The minimum absolute atomic E-state index is 0.109. The van der Waals surface area contributed by atoms with Crippen molar-refractivity contribution in [3.8, 4) is 11.8 Å². The van der Waals surface area contributed by atoms with Gasteiger partial charge in [0.25, 0.3) is 5.91 Å². The molecule has 0 aliphatic carbocycles. The SMILES string of the molecule is Cc1ccc(C(=O)Nc2ccc(CN3CCN(C)CC3)c(F)c2)cc1C#Cc1cnc(Nc2cn(CCCO)nc2C)nc1. The molecule has 0 radical (unpaired) electrons. The number of anilines is 3. The zero-order chi connectivity index (χ0) is 31.1. The summed E-state index contributed by atoms with van der Waals surface area (Å²) in [6.45, 7) is 8.85. The van der Waals surface area contributed by atoms with Gasteiger partial charge in [0.05, 0.1) is 16.9 Å². The van der Waals surface area contributed by atoms with Gasteiger partial charge in [0.15, 0.2) is 0 Å². The number of likely N-dealkylation sites (N-methyl/N-ethyl adjacent to an activating group) is 1. The van der Waals surface area contributed by atoms with Gasteiger partial charge < -0.3 is 20.6 Å². The van der Waals surface area contributed by atoms with Crippen molar-refractivity contribution in [2.45, 2.75) is 33.4 Å². The third kappa shape index (κ3) is 8.05. The lowest BCUT2D eigenvalue weighted by Gasteiger charge is -2.32. The Hall–Kier alpha value is -4.63. The Labute approximate surface area is 256 Å². The van der Waals surface area contributed by atoms with E-state index in [2.05, 4.69) is 54.4 Å². The van der Waals surface area contributed by atoms with E-state index in [4.69, 9.17) is 5.11 Å². The Morgan fingerprint density at radius 1 is 1.05 bits per heavy atom. The Morgan fingerprint density at radius 3 is 2.55 bits per heavy atom. The molecule has 5 rings (SSSR count). The molecule has 228 valence electrons. The molecule has 4 aromatic rings. The molecular formula is C33H37FN8O2. The summed E-state index contributed by atoms with van der Waals surface area (Å²) in [5.41, 5.74) is 5.27. The Bertz CT molecular complexity index is 1670. The number of aliphatic hydroxyl groups is 1. The largest absolute Gasteiger partial charge is 0.396 e. The van der Waals surface area contributed by atoms with Crippen LogP contribution in [0.2, 0.25) is 0 Å². The van der Waals surface area contributed by atoms with E-state index in [-0.39, 0.29) is 18.3 Å². The molecule has 0 unspecified atom stereocenters. The van der Waals surface area contributed by atoms with Crippen molar-refractivity contribution in [2.24, 2.45) is 0 Å². The van der Waals surface area contributed by atoms with Crippen LogP contribution >= 0.6 is 0 Å². The molecule has 0 bridgehead atoms. The van der Waals surface area contributed by atoms with Gasteiger partial charge >= 0.3 is 0 Å². The van der Waals surface area contributed by atoms with E-state index in [1.54, 1.807) is 41.3 Å². The fourth-order valence-electron chi connectivity index (χ4n) is 4.81. The Morgan fingerprint density at radius 2 is 1.82 bits per heavy atom. The lowest BCUT2D eigenvalue weighted by atomic mass is 10.0. The van der Waals surface area contributed by atoms with Crippen molar-refractivity contribution in [1.82, 2.24) is 29.5 Å². The van der Waals surface area contributed by atoms with Crippen LogP contribution in [0.25, 0.3) is 0 Å². The number of piperazine rings is 1. The number of nitrogens with zero attached hydrogens (tertiary/aromatic N) is 6. The van der Waals surface area contributed by atoms with E-state index >= 15 is 0 Å². The van der Waals surface area contributed by atoms with Crippen LogP contribution in [0.15, 0.2) is 55.0 Å². The maximum Gasteiger partial charge on any atom is 0.255 e. The number of rotatable bonds is 9. The Balaban J connectivity index is 1.21. The van der Waals surface area contributed by atoms with Gasteiger partial charge in [0.1, 0.15) is 5.82 Å².